The van der Waals surface area contributed by atoms with Crippen LogP contribution < -0.4 is 0 Å². The summed E-state index contributed by atoms with van der Waals surface area (Å²) in [6.07, 6.45) is 6.71. The minimum atomic E-state index is -0.670. The Kier molecular flexibility index (Phi) is 5.18. The molecule has 0 atom stereocenters. The third-order valence-corrected chi connectivity index (χ3v) is 5.92. The molecule has 0 amide bonds. The number of rotatable bonds is 4. The monoisotopic (exact) mass is 408 g/mol. The van der Waals surface area contributed by atoms with Gasteiger partial charge in [0.1, 0.15) is 12.0 Å². The van der Waals surface area contributed by atoms with Crippen LogP contribution in [0.15, 0.2) is 41.1 Å². The second-order valence-corrected chi connectivity index (χ2v) is 9.11. The van der Waals surface area contributed by atoms with Gasteiger partial charge in [-0.3, -0.25) is 9.36 Å². The minimum absolute atomic E-state index is 0.113. The summed E-state index contributed by atoms with van der Waals surface area (Å²) in [4.78, 5) is 13.3. The topological polar surface area (TPSA) is 88.5 Å². The van der Waals surface area contributed by atoms with Crippen LogP contribution in [0, 0.1) is 5.41 Å². The van der Waals surface area contributed by atoms with Crippen molar-refractivity contribution in [3.8, 4) is 28.6 Å². The van der Waals surface area contributed by atoms with Gasteiger partial charge in [0.25, 0.3) is 0 Å². The normalized spacial score (nSPS) is 15.4. The number of carbonyl (C=O) groups excluding carboxylic acids is 1. The molecule has 1 aliphatic carbocycles. The van der Waals surface area contributed by atoms with Crippen LogP contribution in [-0.2, 0) is 0 Å². The SMILES string of the molecule is CC(C)(C)C(=O)c1c(O)c(O)n(-c2ccc(-c3ccon3)cc2)c1C1CCCCC1. The first-order valence-electron chi connectivity index (χ1n) is 10.5. The van der Waals surface area contributed by atoms with Crippen LogP contribution in [-0.4, -0.2) is 25.7 Å². The van der Waals surface area contributed by atoms with E-state index in [9.17, 15) is 15.0 Å². The van der Waals surface area contributed by atoms with Crippen molar-refractivity contribution in [2.45, 2.75) is 58.8 Å². The van der Waals surface area contributed by atoms with Gasteiger partial charge in [0.15, 0.2) is 11.5 Å². The third-order valence-electron chi connectivity index (χ3n) is 5.92. The van der Waals surface area contributed by atoms with E-state index in [0.717, 1.165) is 42.6 Å². The number of hydrogen-bond donors (Lipinski definition) is 2. The average molecular weight is 408 g/mol. The fraction of sp³-hybridized carbons (Fsp3) is 0.417. The summed E-state index contributed by atoms with van der Waals surface area (Å²) in [5.41, 5.74) is 2.61. The molecule has 0 unspecified atom stereocenters. The van der Waals surface area contributed by atoms with E-state index in [-0.39, 0.29) is 28.9 Å². The summed E-state index contributed by atoms with van der Waals surface area (Å²) in [6.45, 7) is 5.50. The highest BCUT2D eigenvalue weighted by Crippen LogP contribution is 2.47. The smallest absolute Gasteiger partial charge is 0.240 e. The van der Waals surface area contributed by atoms with Crippen molar-refractivity contribution < 1.29 is 19.5 Å². The summed E-state index contributed by atoms with van der Waals surface area (Å²) < 4.78 is 6.56. The van der Waals surface area contributed by atoms with Crippen LogP contribution in [0.1, 0.15) is 74.8 Å². The zero-order chi connectivity index (χ0) is 21.5. The molecule has 158 valence electrons. The maximum Gasteiger partial charge on any atom is 0.240 e. The van der Waals surface area contributed by atoms with Crippen LogP contribution in [0.4, 0.5) is 0 Å². The second-order valence-electron chi connectivity index (χ2n) is 9.11. The number of benzene rings is 1. The molecule has 0 bridgehead atoms. The van der Waals surface area contributed by atoms with Crippen molar-refractivity contribution in [3.63, 3.8) is 0 Å². The molecule has 0 radical (unpaired) electrons. The summed E-state index contributed by atoms with van der Waals surface area (Å²) in [5.74, 6) is -0.649. The van der Waals surface area contributed by atoms with Crippen LogP contribution >= 0.6 is 0 Å². The number of hydrogen-bond acceptors (Lipinski definition) is 5. The molecule has 1 saturated carbocycles. The van der Waals surface area contributed by atoms with E-state index in [4.69, 9.17) is 4.52 Å². The molecule has 2 N–H and O–H groups in total. The Morgan fingerprint density at radius 2 is 1.73 bits per heavy atom. The van der Waals surface area contributed by atoms with E-state index in [1.165, 1.54) is 12.7 Å². The molecule has 2 aromatic heterocycles. The highest BCUT2D eigenvalue weighted by atomic mass is 16.5. The molecule has 4 rings (SSSR count). The van der Waals surface area contributed by atoms with Gasteiger partial charge in [0.2, 0.25) is 5.88 Å². The molecule has 1 fully saturated rings. The summed E-state index contributed by atoms with van der Waals surface area (Å²) in [6, 6.07) is 9.28. The van der Waals surface area contributed by atoms with Crippen molar-refractivity contribution in [3.05, 3.63) is 47.9 Å². The number of aromatic nitrogens is 2. The van der Waals surface area contributed by atoms with Crippen molar-refractivity contribution in [2.75, 3.05) is 0 Å². The molecule has 6 heteroatoms. The van der Waals surface area contributed by atoms with Crippen LogP contribution in [0.3, 0.4) is 0 Å². The first-order chi connectivity index (χ1) is 14.3. The molecule has 30 heavy (non-hydrogen) atoms. The minimum Gasteiger partial charge on any atom is -0.503 e. The Labute approximate surface area is 176 Å². The van der Waals surface area contributed by atoms with Gasteiger partial charge in [-0.2, -0.15) is 0 Å². The zero-order valence-electron chi connectivity index (χ0n) is 17.7. The number of aromatic hydroxyl groups is 2. The summed E-state index contributed by atoms with van der Waals surface area (Å²) >= 11 is 0. The third kappa shape index (κ3) is 3.51. The van der Waals surface area contributed by atoms with Gasteiger partial charge in [0, 0.05) is 34.3 Å². The van der Waals surface area contributed by atoms with E-state index >= 15 is 0 Å². The van der Waals surface area contributed by atoms with Crippen LogP contribution in [0.25, 0.3) is 16.9 Å². The Morgan fingerprint density at radius 3 is 2.30 bits per heavy atom. The summed E-state index contributed by atoms with van der Waals surface area (Å²) in [7, 11) is 0. The Morgan fingerprint density at radius 1 is 1.07 bits per heavy atom. The van der Waals surface area contributed by atoms with Crippen molar-refractivity contribution >= 4 is 5.78 Å². The lowest BCUT2D eigenvalue weighted by atomic mass is 9.80. The van der Waals surface area contributed by atoms with Crippen molar-refractivity contribution in [1.29, 1.82) is 0 Å². The lowest BCUT2D eigenvalue weighted by Crippen LogP contribution is -2.23. The first-order valence-corrected chi connectivity index (χ1v) is 10.5. The fourth-order valence-electron chi connectivity index (χ4n) is 4.33. The molecule has 0 saturated heterocycles. The largest absolute Gasteiger partial charge is 0.503 e. The van der Waals surface area contributed by atoms with E-state index in [1.807, 2.05) is 45.0 Å². The summed E-state index contributed by atoms with van der Waals surface area (Å²) in [5, 5.41) is 25.7. The molecule has 0 aliphatic heterocycles. The maximum absolute atomic E-state index is 13.3. The van der Waals surface area contributed by atoms with Gasteiger partial charge in [-0.05, 0) is 25.0 Å². The predicted octanol–water partition coefficient (Wildman–Crippen LogP) is 5.82. The maximum atomic E-state index is 13.3. The lowest BCUT2D eigenvalue weighted by Gasteiger charge is -2.26. The highest BCUT2D eigenvalue weighted by molar-refractivity contribution is 6.04. The van der Waals surface area contributed by atoms with E-state index in [0.29, 0.717) is 5.69 Å². The van der Waals surface area contributed by atoms with Gasteiger partial charge in [-0.1, -0.05) is 57.3 Å². The Balaban J connectivity index is 1.87. The van der Waals surface area contributed by atoms with E-state index in [1.54, 1.807) is 10.6 Å². The standard InChI is InChI=1S/C24H28N2O4/c1-24(2,3)22(28)19-20(16-7-5-4-6-8-16)26(23(29)21(19)27)17-11-9-15(10-12-17)18-13-14-30-25-18/h9-14,16,27,29H,4-8H2,1-3H3. The highest BCUT2D eigenvalue weighted by Gasteiger charge is 2.37. The lowest BCUT2D eigenvalue weighted by molar-refractivity contribution is 0.0853. The fourth-order valence-corrected chi connectivity index (χ4v) is 4.33. The Hall–Kier alpha value is -3.02. The molecular formula is C24H28N2O4. The molecular weight excluding hydrogens is 380 g/mol. The first kappa shape index (κ1) is 20.3. The van der Waals surface area contributed by atoms with E-state index < -0.39 is 5.41 Å². The quantitative estimate of drug-likeness (QED) is 0.531. The van der Waals surface area contributed by atoms with Crippen molar-refractivity contribution in [2.24, 2.45) is 5.41 Å². The van der Waals surface area contributed by atoms with Gasteiger partial charge in [-0.15, -0.1) is 0 Å². The number of nitrogens with zero attached hydrogens (tertiary/aromatic N) is 2. The molecule has 0 spiro atoms. The molecule has 1 aliphatic rings. The number of carbonyl (C=O) groups is 1. The molecule has 1 aromatic carbocycles. The molecule has 6 nitrogen and oxygen atoms in total. The second kappa shape index (κ2) is 7.67. The predicted molar refractivity (Wildman–Crippen MR) is 114 cm³/mol. The molecule has 2 heterocycles. The van der Waals surface area contributed by atoms with Gasteiger partial charge in [-0.25, -0.2) is 0 Å². The number of ketones is 1. The number of Topliss-reactive ketones (excluding diaryl/α,β-unsaturated/α-hetero) is 1. The van der Waals surface area contributed by atoms with Crippen LogP contribution in [0.2, 0.25) is 0 Å². The average Bonchev–Trinajstić information content (AvgIpc) is 3.35. The van der Waals surface area contributed by atoms with Gasteiger partial charge in [0.05, 0.1) is 5.56 Å². The zero-order valence-corrected chi connectivity index (χ0v) is 17.7. The van der Waals surface area contributed by atoms with Gasteiger partial charge < -0.3 is 14.7 Å². The van der Waals surface area contributed by atoms with Crippen LogP contribution in [0.5, 0.6) is 11.6 Å². The van der Waals surface area contributed by atoms with Crippen molar-refractivity contribution in [1.82, 2.24) is 9.72 Å². The Bertz CT molecular complexity index is 1030. The van der Waals surface area contributed by atoms with Gasteiger partial charge >= 0.3 is 0 Å². The van der Waals surface area contributed by atoms with E-state index in [2.05, 4.69) is 5.16 Å². The molecule has 3 aromatic rings.